The molecule has 30 heavy (non-hydrogen) atoms. The highest BCUT2D eigenvalue weighted by molar-refractivity contribution is 5.99. The summed E-state index contributed by atoms with van der Waals surface area (Å²) in [5.74, 6) is 1.45. The third kappa shape index (κ3) is 4.13. The Labute approximate surface area is 175 Å². The summed E-state index contributed by atoms with van der Waals surface area (Å²) in [6, 6.07) is 9.69. The first kappa shape index (κ1) is 19.9. The number of carbonyl (C=O) groups is 1. The number of amides is 1. The van der Waals surface area contributed by atoms with Crippen molar-refractivity contribution >= 4 is 34.6 Å². The van der Waals surface area contributed by atoms with Crippen LogP contribution in [0.2, 0.25) is 0 Å². The van der Waals surface area contributed by atoms with E-state index in [4.69, 9.17) is 10.7 Å². The molecule has 0 aliphatic carbocycles. The molecule has 3 heterocycles. The predicted octanol–water partition coefficient (Wildman–Crippen LogP) is 3.09. The van der Waals surface area contributed by atoms with Crippen molar-refractivity contribution in [1.29, 1.82) is 0 Å². The van der Waals surface area contributed by atoms with Gasteiger partial charge >= 0.3 is 0 Å². The van der Waals surface area contributed by atoms with Crippen LogP contribution in [0.15, 0.2) is 49.2 Å². The molecule has 1 aromatic carbocycles. The molecule has 1 atom stereocenters. The van der Waals surface area contributed by atoms with Gasteiger partial charge in [-0.15, -0.1) is 0 Å². The number of hydrogen-bond acceptors (Lipinski definition) is 6. The minimum Gasteiger partial charge on any atom is -0.355 e. The highest BCUT2D eigenvalue weighted by atomic mass is 16.1. The minimum atomic E-state index is -0.248. The number of piperidine rings is 1. The third-order valence-corrected chi connectivity index (χ3v) is 5.28. The van der Waals surface area contributed by atoms with Crippen molar-refractivity contribution in [2.24, 2.45) is 5.73 Å². The molecule has 1 unspecified atom stereocenters. The van der Waals surface area contributed by atoms with Gasteiger partial charge in [-0.2, -0.15) is 9.61 Å². The van der Waals surface area contributed by atoms with Crippen molar-refractivity contribution in [2.75, 3.05) is 28.6 Å². The van der Waals surface area contributed by atoms with Crippen LogP contribution >= 0.6 is 0 Å². The number of hydrogen-bond donors (Lipinski definition) is 3. The van der Waals surface area contributed by atoms with Crippen LogP contribution in [0.3, 0.4) is 0 Å². The fourth-order valence-corrected chi connectivity index (χ4v) is 3.73. The number of nitrogens with one attached hydrogen (secondary N) is 2. The van der Waals surface area contributed by atoms with E-state index in [1.54, 1.807) is 0 Å². The van der Waals surface area contributed by atoms with Crippen LogP contribution in [-0.2, 0) is 11.2 Å². The van der Waals surface area contributed by atoms with Crippen LogP contribution in [0.5, 0.6) is 0 Å². The van der Waals surface area contributed by atoms with Gasteiger partial charge in [0.1, 0.15) is 11.6 Å². The molecule has 8 nitrogen and oxygen atoms in total. The van der Waals surface area contributed by atoms with E-state index in [9.17, 15) is 4.79 Å². The van der Waals surface area contributed by atoms with E-state index in [0.717, 1.165) is 60.9 Å². The lowest BCUT2D eigenvalue weighted by atomic mass is 10.1. The Morgan fingerprint density at radius 1 is 1.37 bits per heavy atom. The van der Waals surface area contributed by atoms with Gasteiger partial charge in [0.15, 0.2) is 5.65 Å². The third-order valence-electron chi connectivity index (χ3n) is 5.28. The maximum Gasteiger partial charge on any atom is 0.247 e. The highest BCUT2D eigenvalue weighted by Crippen LogP contribution is 2.27. The van der Waals surface area contributed by atoms with Gasteiger partial charge < -0.3 is 21.3 Å². The lowest BCUT2D eigenvalue weighted by molar-refractivity contribution is -0.111. The first-order valence-electron chi connectivity index (χ1n) is 10.3. The second-order valence-corrected chi connectivity index (χ2v) is 7.51. The topological polar surface area (TPSA) is 101 Å². The van der Waals surface area contributed by atoms with Crippen molar-refractivity contribution in [3.8, 4) is 0 Å². The number of nitrogens with two attached hydrogens (primary N) is 1. The molecule has 1 aliphatic heterocycles. The molecule has 4 N–H and O–H groups in total. The standard InChI is InChI=1S/C22H27N7O/c1-3-15-13-24-29-20(25-17-8-5-9-18(11-17)26-21(30)4-2)12-19(27-22(15)29)28-10-6-7-16(23)14-28/h4-5,8-9,11-13,16,25H,2-3,6-7,10,14,23H2,1H3,(H,26,30). The Bertz CT molecular complexity index is 1070. The average molecular weight is 406 g/mol. The molecule has 0 saturated carbocycles. The zero-order chi connectivity index (χ0) is 21.1. The van der Waals surface area contributed by atoms with E-state index in [2.05, 4.69) is 34.1 Å². The summed E-state index contributed by atoms with van der Waals surface area (Å²) in [6.07, 6.45) is 6.06. The van der Waals surface area contributed by atoms with E-state index in [0.29, 0.717) is 5.69 Å². The van der Waals surface area contributed by atoms with Crippen molar-refractivity contribution in [3.63, 3.8) is 0 Å². The largest absolute Gasteiger partial charge is 0.355 e. The maximum atomic E-state index is 11.6. The van der Waals surface area contributed by atoms with Crippen molar-refractivity contribution in [2.45, 2.75) is 32.2 Å². The summed E-state index contributed by atoms with van der Waals surface area (Å²) >= 11 is 0. The van der Waals surface area contributed by atoms with Crippen LogP contribution < -0.4 is 21.3 Å². The number of aryl methyl sites for hydroxylation is 1. The van der Waals surface area contributed by atoms with Gasteiger partial charge in [-0.1, -0.05) is 19.6 Å². The Balaban J connectivity index is 1.71. The molecular formula is C22H27N7O. The van der Waals surface area contributed by atoms with Gasteiger partial charge in [-0.25, -0.2) is 4.98 Å². The fourth-order valence-electron chi connectivity index (χ4n) is 3.73. The molecule has 156 valence electrons. The minimum absolute atomic E-state index is 0.161. The summed E-state index contributed by atoms with van der Waals surface area (Å²) in [5.41, 5.74) is 9.65. The lowest BCUT2D eigenvalue weighted by Crippen LogP contribution is -2.43. The quantitative estimate of drug-likeness (QED) is 0.545. The second kappa shape index (κ2) is 8.54. The van der Waals surface area contributed by atoms with Crippen LogP contribution in [0.4, 0.5) is 23.0 Å². The molecule has 1 saturated heterocycles. The van der Waals surface area contributed by atoms with Crippen LogP contribution in [0.1, 0.15) is 25.3 Å². The number of fused-ring (bicyclic) bond motifs is 1. The van der Waals surface area contributed by atoms with E-state index < -0.39 is 0 Å². The first-order valence-corrected chi connectivity index (χ1v) is 10.3. The summed E-state index contributed by atoms with van der Waals surface area (Å²) in [7, 11) is 0. The van der Waals surface area contributed by atoms with Crippen molar-refractivity contribution in [1.82, 2.24) is 14.6 Å². The number of anilines is 4. The molecular weight excluding hydrogens is 378 g/mol. The van der Waals surface area contributed by atoms with Gasteiger partial charge in [0.25, 0.3) is 0 Å². The molecule has 2 aromatic heterocycles. The van der Waals surface area contributed by atoms with Crippen molar-refractivity contribution < 1.29 is 4.79 Å². The normalized spacial score (nSPS) is 16.5. The smallest absolute Gasteiger partial charge is 0.247 e. The van der Waals surface area contributed by atoms with Crippen molar-refractivity contribution in [3.05, 3.63) is 54.7 Å². The van der Waals surface area contributed by atoms with Gasteiger partial charge in [0.05, 0.1) is 6.20 Å². The molecule has 8 heteroatoms. The molecule has 0 radical (unpaired) electrons. The van der Waals surface area contributed by atoms with Gasteiger partial charge in [0.2, 0.25) is 5.91 Å². The maximum absolute atomic E-state index is 11.6. The fraction of sp³-hybridized carbons (Fsp3) is 0.318. The zero-order valence-corrected chi connectivity index (χ0v) is 17.1. The summed E-state index contributed by atoms with van der Waals surface area (Å²) in [4.78, 5) is 18.8. The van der Waals surface area contributed by atoms with Crippen LogP contribution in [-0.4, -0.2) is 39.6 Å². The van der Waals surface area contributed by atoms with Crippen LogP contribution in [0, 0.1) is 0 Å². The number of carbonyl (C=O) groups excluding carboxylic acids is 1. The zero-order valence-electron chi connectivity index (χ0n) is 17.1. The molecule has 0 spiro atoms. The monoisotopic (exact) mass is 405 g/mol. The Kier molecular flexibility index (Phi) is 5.67. The van der Waals surface area contributed by atoms with Gasteiger partial charge in [-0.05, 0) is 43.5 Å². The molecule has 1 aliphatic rings. The van der Waals surface area contributed by atoms with Gasteiger partial charge in [-0.3, -0.25) is 4.79 Å². The number of rotatable bonds is 6. The Morgan fingerprint density at radius 2 is 2.20 bits per heavy atom. The molecule has 1 amide bonds. The second-order valence-electron chi connectivity index (χ2n) is 7.51. The number of aromatic nitrogens is 3. The van der Waals surface area contributed by atoms with E-state index >= 15 is 0 Å². The van der Waals surface area contributed by atoms with Crippen LogP contribution in [0.25, 0.3) is 5.65 Å². The summed E-state index contributed by atoms with van der Waals surface area (Å²) in [5, 5.41) is 10.8. The molecule has 3 aromatic rings. The average Bonchev–Trinajstić information content (AvgIpc) is 3.17. The summed E-state index contributed by atoms with van der Waals surface area (Å²) in [6.45, 7) is 7.32. The Morgan fingerprint density at radius 3 is 2.97 bits per heavy atom. The highest BCUT2D eigenvalue weighted by Gasteiger charge is 2.20. The first-order chi connectivity index (χ1) is 14.6. The van der Waals surface area contributed by atoms with E-state index in [-0.39, 0.29) is 11.9 Å². The van der Waals surface area contributed by atoms with E-state index in [1.165, 1.54) is 6.08 Å². The molecule has 0 bridgehead atoms. The number of nitrogens with zero attached hydrogens (tertiary/aromatic N) is 4. The SMILES string of the molecule is C=CC(=O)Nc1cccc(Nc2cc(N3CCCC(N)C3)nc3c(CC)cnn23)c1. The Hall–Kier alpha value is -3.39. The molecule has 1 fully saturated rings. The summed E-state index contributed by atoms with van der Waals surface area (Å²) < 4.78 is 1.82. The van der Waals surface area contributed by atoms with Gasteiger partial charge in [0, 0.05) is 42.1 Å². The number of benzene rings is 1. The molecule has 4 rings (SSSR count). The van der Waals surface area contributed by atoms with E-state index in [1.807, 2.05) is 41.0 Å². The predicted molar refractivity (Wildman–Crippen MR) is 120 cm³/mol. The lowest BCUT2D eigenvalue weighted by Gasteiger charge is -2.32.